The van der Waals surface area contributed by atoms with Gasteiger partial charge in [0.15, 0.2) is 34.6 Å². The number of aryl methyl sites for hydroxylation is 10. The molecule has 0 aliphatic heterocycles. The number of furan rings is 1. The molecule has 0 radical (unpaired) electrons. The maximum atomic E-state index is 12.8. The summed E-state index contributed by atoms with van der Waals surface area (Å²) < 4.78 is 17.2. The Morgan fingerprint density at radius 1 is 0.343 bits per heavy atom. The third-order valence-corrected chi connectivity index (χ3v) is 25.8. The van der Waals surface area contributed by atoms with Gasteiger partial charge in [0.25, 0.3) is 0 Å². The van der Waals surface area contributed by atoms with Gasteiger partial charge in [-0.15, -0.1) is 11.3 Å². The van der Waals surface area contributed by atoms with Gasteiger partial charge in [0.1, 0.15) is 22.9 Å². The fraction of sp³-hybridized carbons (Fsp3) is 0.157. The molecule has 19 heteroatoms. The molecule has 0 atom stereocenters. The Kier molecular flexibility index (Phi) is 31.3. The molecule has 694 valence electrons. The van der Waals surface area contributed by atoms with E-state index in [9.17, 15) is 28.8 Å². The number of hydrogen-bond acceptors (Lipinski definition) is 18. The summed E-state index contributed by atoms with van der Waals surface area (Å²) in [5.41, 5.74) is 25.1. The summed E-state index contributed by atoms with van der Waals surface area (Å²) in [6, 6.07) is 107. The monoisotopic (exact) mass is 1880 g/mol. The molecule has 0 fully saturated rings. The van der Waals surface area contributed by atoms with Crippen molar-refractivity contribution in [1.29, 1.82) is 0 Å². The molecule has 21 aromatic rings. The van der Waals surface area contributed by atoms with Crippen LogP contribution >= 0.6 is 22.9 Å². The normalized spacial score (nSPS) is 11.0. The minimum Gasteiger partial charge on any atom is -0.497 e. The maximum absolute atomic E-state index is 12.8. The molecule has 0 bridgehead atoms. The summed E-state index contributed by atoms with van der Waals surface area (Å²) in [5.74, 6) is 2.17. The van der Waals surface area contributed by atoms with Crippen molar-refractivity contribution in [2.24, 2.45) is 0 Å². The van der Waals surface area contributed by atoms with E-state index in [1.165, 1.54) is 28.0 Å². The highest BCUT2D eigenvalue weighted by Crippen LogP contribution is 2.37. The average molecular weight is 1880 g/mol. The fourth-order valence-corrected chi connectivity index (χ4v) is 18.0. The van der Waals surface area contributed by atoms with Crippen molar-refractivity contribution in [2.75, 3.05) is 7.11 Å². The first-order valence-corrected chi connectivity index (χ1v) is 47.6. The summed E-state index contributed by atoms with van der Waals surface area (Å²) in [6.45, 7) is 17.8. The van der Waals surface area contributed by atoms with E-state index in [-0.39, 0.29) is 47.5 Å². The second-order valence-corrected chi connectivity index (χ2v) is 36.4. The molecule has 0 aliphatic rings. The van der Waals surface area contributed by atoms with Gasteiger partial charge in [-0.1, -0.05) is 258 Å². The van der Waals surface area contributed by atoms with Gasteiger partial charge in [0.05, 0.1) is 50.1 Å². The number of aromatic nitrogens is 8. The van der Waals surface area contributed by atoms with Crippen LogP contribution in [0.3, 0.4) is 0 Å². The zero-order valence-electron chi connectivity index (χ0n) is 79.7. The number of ether oxygens (including phenoxy) is 1. The molecule has 0 amide bonds. The first-order valence-electron chi connectivity index (χ1n) is 46.4. The summed E-state index contributed by atoms with van der Waals surface area (Å²) in [7, 11) is 1.61. The standard InChI is InChI=1S/C22H18N2O3.C21H21NO.C20H14ClNOS.C20H15NO2.C20H19NO.C18H16N2O/c1-14-6-7-16-4-3-5-17(22(16)23-14)12-20(25)19-13-21(27-24-19)15-8-10-18(26-2)11-9-15;1-15-6-9-17(10-7-15)11-13-20(23)14-19-5-3-4-18-12-8-16(2)22-21(18)19;1-12-9-10-13-5-4-6-14(19(13)22-12)11-16(23)20-18(21)15-7-2-3-8-17(15)24-20;1-13-9-10-14-6-4-7-16(20(14)21-13)11-17(22)19-12-15-5-2-3-8-18(15)23-19;1-14-6-9-16(10-7-14)12-19(22)13-18-5-3-4-17-11-8-15(2)21-20(17)18;1-12-6-9-16(11-19-12)17(21)10-15-5-3-4-14-8-7-13(2)20-18(14)15/h3-11,13H,12H2,1-2H3;3-10,12H,11,13-14H2,1-2H3;2-10H,11H2,1H3;2-10,12H,11H2,1H3;3-11H,12-13H2,1-2H3;3-9,11H,10H2,1-2H3. The van der Waals surface area contributed by atoms with Crippen molar-refractivity contribution < 1.29 is 42.4 Å². The summed E-state index contributed by atoms with van der Waals surface area (Å²) in [6.07, 6.45) is 5.54. The smallest absolute Gasteiger partial charge is 0.202 e. The van der Waals surface area contributed by atoms with Crippen LogP contribution in [0.1, 0.15) is 143 Å². The molecule has 21 rings (SSSR count). The highest BCUT2D eigenvalue weighted by Gasteiger charge is 2.23. The minimum absolute atomic E-state index is 0.0305. The Labute approximate surface area is 821 Å². The van der Waals surface area contributed by atoms with Gasteiger partial charge in [-0.05, 0) is 204 Å². The zero-order chi connectivity index (χ0) is 97.9. The predicted molar refractivity (Wildman–Crippen MR) is 563 cm³/mol. The SMILES string of the molecule is COc1ccc(-c2cc(C(=O)Cc3cccc4ccc(C)nc34)no2)cc1.Cc1ccc(C(=O)Cc2cccc3ccc(C)nc23)cn1.Cc1ccc(CC(=O)Cc2cccc3ccc(C)nc23)cc1.Cc1ccc(CCC(=O)Cc2cccc3ccc(C)nc23)cc1.Cc1ccc2cccc(CC(=O)c3cc4ccccc4o3)c2n1.Cc1ccc2cccc(CC(=O)c3sc4ccccc4c3Cl)c2n1. The van der Waals surface area contributed by atoms with Crippen molar-refractivity contribution in [3.63, 3.8) is 0 Å². The Morgan fingerprint density at radius 3 is 1.17 bits per heavy atom. The van der Waals surface area contributed by atoms with Gasteiger partial charge in [-0.2, -0.15) is 0 Å². The molecule has 0 N–H and O–H groups in total. The summed E-state index contributed by atoms with van der Waals surface area (Å²) in [4.78, 5) is 108. The van der Waals surface area contributed by atoms with Crippen LogP contribution in [0.4, 0.5) is 0 Å². The van der Waals surface area contributed by atoms with Gasteiger partial charge in [-0.25, -0.2) is 0 Å². The van der Waals surface area contributed by atoms with Gasteiger partial charge in [0.2, 0.25) is 5.78 Å². The van der Waals surface area contributed by atoms with Crippen LogP contribution in [0.15, 0.2) is 343 Å². The molecule has 0 saturated carbocycles. The number of para-hydroxylation sites is 7. The fourth-order valence-electron chi connectivity index (χ4n) is 16.5. The van der Waals surface area contributed by atoms with Crippen LogP contribution in [-0.4, -0.2) is 81.9 Å². The van der Waals surface area contributed by atoms with Crippen LogP contribution in [0.5, 0.6) is 5.75 Å². The molecule has 10 heterocycles. The van der Waals surface area contributed by atoms with Crippen LogP contribution in [0.25, 0.3) is 97.8 Å². The Hall–Kier alpha value is -16.2. The second kappa shape index (κ2) is 45.2. The van der Waals surface area contributed by atoms with E-state index in [4.69, 9.17) is 25.3 Å². The number of benzene rings is 11. The molecule has 17 nitrogen and oxygen atoms in total. The molecule has 0 unspecified atom stereocenters. The van der Waals surface area contributed by atoms with E-state index in [1.807, 2.05) is 334 Å². The van der Waals surface area contributed by atoms with Crippen molar-refractivity contribution in [1.82, 2.24) is 40.0 Å². The molecule has 0 saturated heterocycles. The molecular formula is C121H103ClN8O9S. The Bertz CT molecular complexity index is 8120. The lowest BCUT2D eigenvalue weighted by atomic mass is 10.00. The number of nitrogens with zero attached hydrogens (tertiary/aromatic N) is 8. The molecule has 140 heavy (non-hydrogen) atoms. The van der Waals surface area contributed by atoms with Crippen molar-refractivity contribution in [3.05, 3.63) is 456 Å². The number of ketones is 6. The molecule has 10 aromatic heterocycles. The largest absolute Gasteiger partial charge is 0.497 e. The average Bonchev–Trinajstić information content (AvgIpc) is 1.67. The number of carbonyl (C=O) groups excluding carboxylic acids is 6. The molecule has 0 aliphatic carbocycles. The number of Topliss-reactive ketones (excluding diaryl/α,β-unsaturated/α-hetero) is 6. The first-order chi connectivity index (χ1) is 67.8. The third kappa shape index (κ3) is 24.8. The molecule has 11 aromatic carbocycles. The lowest BCUT2D eigenvalue weighted by Gasteiger charge is -2.07. The molecular weight excluding hydrogens is 1780 g/mol. The highest BCUT2D eigenvalue weighted by molar-refractivity contribution is 7.21. The van der Waals surface area contributed by atoms with Crippen LogP contribution in [0, 0.1) is 62.3 Å². The van der Waals surface area contributed by atoms with Gasteiger partial charge < -0.3 is 13.7 Å². The number of halogens is 1. The number of rotatable bonds is 23. The predicted octanol–water partition coefficient (Wildman–Crippen LogP) is 27.7. The number of thiophene rings is 1. The Morgan fingerprint density at radius 2 is 0.736 bits per heavy atom. The lowest BCUT2D eigenvalue weighted by Crippen LogP contribution is -2.07. The topological polar surface area (TPSA) is 241 Å². The lowest BCUT2D eigenvalue weighted by molar-refractivity contribution is -0.119. The Balaban J connectivity index is 0.000000121. The zero-order valence-corrected chi connectivity index (χ0v) is 81.2. The molecule has 0 spiro atoms. The van der Waals surface area contributed by atoms with E-state index < -0.39 is 0 Å². The first kappa shape index (κ1) is 97.0. The maximum Gasteiger partial charge on any atom is 0.202 e. The van der Waals surface area contributed by atoms with Crippen molar-refractivity contribution in [2.45, 2.75) is 120 Å². The number of methoxy groups -OCH3 is 1. The van der Waals surface area contributed by atoms with Gasteiger partial charge in [0, 0.05) is 162 Å². The van der Waals surface area contributed by atoms with Gasteiger partial charge in [-0.3, -0.25) is 63.7 Å². The van der Waals surface area contributed by atoms with Crippen LogP contribution < -0.4 is 4.74 Å². The quantitative estimate of drug-likeness (QED) is 0.0541. The van der Waals surface area contributed by atoms with Crippen LogP contribution in [0.2, 0.25) is 5.02 Å². The number of pyridine rings is 7. The third-order valence-electron chi connectivity index (χ3n) is 24.1. The van der Waals surface area contributed by atoms with E-state index in [2.05, 4.69) is 90.3 Å². The van der Waals surface area contributed by atoms with Crippen molar-refractivity contribution >= 4 is 144 Å². The van der Waals surface area contributed by atoms with Crippen molar-refractivity contribution in [3.8, 4) is 17.1 Å². The van der Waals surface area contributed by atoms with Gasteiger partial charge >= 0.3 is 0 Å². The minimum atomic E-state index is -0.102. The van der Waals surface area contributed by atoms with E-state index in [0.29, 0.717) is 71.2 Å². The number of carbonyl (C=O) groups is 6. The number of fused-ring (bicyclic) bond motifs is 8. The second-order valence-electron chi connectivity index (χ2n) is 35.0. The van der Waals surface area contributed by atoms with E-state index in [1.54, 1.807) is 19.4 Å². The summed E-state index contributed by atoms with van der Waals surface area (Å²) >= 11 is 7.89. The van der Waals surface area contributed by atoms with E-state index in [0.717, 1.165) is 183 Å². The number of hydrogen-bond donors (Lipinski definition) is 0. The van der Waals surface area contributed by atoms with Crippen LogP contribution in [-0.2, 0) is 61.0 Å². The van der Waals surface area contributed by atoms with E-state index >= 15 is 0 Å². The summed E-state index contributed by atoms with van der Waals surface area (Å²) in [5, 5.41) is 12.8. The highest BCUT2D eigenvalue weighted by atomic mass is 35.5.